The van der Waals surface area contributed by atoms with E-state index in [0.29, 0.717) is 0 Å². The van der Waals surface area contributed by atoms with Crippen LogP contribution in [-0.4, -0.2) is 16.4 Å². The molecule has 0 amide bonds. The first kappa shape index (κ1) is 19.2. The maximum absolute atomic E-state index is 5.25. The van der Waals surface area contributed by atoms with Crippen molar-refractivity contribution in [3.63, 3.8) is 0 Å². The van der Waals surface area contributed by atoms with Crippen molar-refractivity contribution in [2.24, 2.45) is 0 Å². The Bertz CT molecular complexity index is 1420. The zero-order valence-electron chi connectivity index (χ0n) is 18.4. The van der Waals surface area contributed by atoms with Crippen molar-refractivity contribution in [1.82, 2.24) is 9.88 Å². The van der Waals surface area contributed by atoms with E-state index in [1.54, 1.807) is 0 Å². The summed E-state index contributed by atoms with van der Waals surface area (Å²) in [6, 6.07) is 32.8. The summed E-state index contributed by atoms with van der Waals surface area (Å²) in [5.74, 6) is 0. The number of benzene rings is 4. The molecule has 5 aromatic rings. The molecule has 1 aliphatic rings. The number of hydrogen-bond donors (Lipinski definition) is 0. The Hall–Kier alpha value is -3.49. The molecule has 0 saturated heterocycles. The molecule has 0 unspecified atom stereocenters. The van der Waals surface area contributed by atoms with Crippen LogP contribution in [0.1, 0.15) is 22.3 Å². The molecular weight excluding hydrogens is 388 g/mol. The fourth-order valence-corrected chi connectivity index (χ4v) is 5.10. The predicted molar refractivity (Wildman–Crippen MR) is 134 cm³/mol. The molecule has 4 aromatic carbocycles. The Morgan fingerprint density at radius 2 is 1.56 bits per heavy atom. The van der Waals surface area contributed by atoms with Crippen molar-refractivity contribution in [2.45, 2.75) is 26.4 Å². The van der Waals surface area contributed by atoms with Crippen LogP contribution in [0.3, 0.4) is 0 Å². The average molecular weight is 415 g/mol. The molecule has 2 nitrogen and oxygen atoms in total. The zero-order chi connectivity index (χ0) is 21.5. The molecule has 156 valence electrons. The largest absolute Gasteiger partial charge is 0.294 e. The van der Waals surface area contributed by atoms with Crippen LogP contribution in [0.5, 0.6) is 0 Å². The van der Waals surface area contributed by atoms with Gasteiger partial charge >= 0.3 is 0 Å². The fourth-order valence-electron chi connectivity index (χ4n) is 5.10. The van der Waals surface area contributed by atoms with E-state index >= 15 is 0 Å². The van der Waals surface area contributed by atoms with Crippen LogP contribution in [-0.2, 0) is 19.5 Å². The minimum Gasteiger partial charge on any atom is -0.294 e. The molecule has 1 aromatic heterocycles. The third-order valence-electron chi connectivity index (χ3n) is 6.72. The molecule has 0 spiro atoms. The monoisotopic (exact) mass is 414 g/mol. The van der Waals surface area contributed by atoms with Gasteiger partial charge < -0.3 is 0 Å². The number of pyridine rings is 1. The Labute approximate surface area is 189 Å². The first-order chi connectivity index (χ1) is 15.8. The lowest BCUT2D eigenvalue weighted by atomic mass is 9.89. The Morgan fingerprint density at radius 1 is 0.781 bits per heavy atom. The highest BCUT2D eigenvalue weighted by molar-refractivity contribution is 6.09. The highest BCUT2D eigenvalue weighted by atomic mass is 15.1. The van der Waals surface area contributed by atoms with Crippen LogP contribution in [0.15, 0.2) is 91.0 Å². The van der Waals surface area contributed by atoms with Gasteiger partial charge in [-0.1, -0.05) is 90.5 Å². The van der Waals surface area contributed by atoms with Gasteiger partial charge in [-0.15, -0.1) is 0 Å². The molecule has 0 bridgehead atoms. The van der Waals surface area contributed by atoms with E-state index in [4.69, 9.17) is 4.98 Å². The second kappa shape index (κ2) is 7.89. The summed E-state index contributed by atoms with van der Waals surface area (Å²) in [5, 5.41) is 3.95. The third kappa shape index (κ3) is 3.37. The smallest absolute Gasteiger partial charge is 0.0757 e. The standard InChI is InChI=1S/C30H26N2/c1-21-11-13-24(14-12-21)30-27-20-32(19-22-7-3-2-4-8-22)18-17-26(27)29-25-10-6-5-9-23(25)15-16-28(29)31-30/h2-16H,17-20H2,1H3. The molecule has 2 heteroatoms. The van der Waals surface area contributed by atoms with Gasteiger partial charge in [0.15, 0.2) is 0 Å². The molecule has 0 atom stereocenters. The minimum atomic E-state index is 0.930. The van der Waals surface area contributed by atoms with Crippen molar-refractivity contribution < 1.29 is 0 Å². The van der Waals surface area contributed by atoms with E-state index in [0.717, 1.165) is 37.3 Å². The SMILES string of the molecule is Cc1ccc(-c2nc3ccc4ccccc4c3c3c2CN(Cc2ccccc2)CC3)cc1. The van der Waals surface area contributed by atoms with Gasteiger partial charge in [0.25, 0.3) is 0 Å². The first-order valence-corrected chi connectivity index (χ1v) is 11.4. The molecule has 1 aliphatic heterocycles. The fraction of sp³-hybridized carbons (Fsp3) is 0.167. The molecule has 0 aliphatic carbocycles. The molecule has 2 heterocycles. The minimum absolute atomic E-state index is 0.930. The highest BCUT2D eigenvalue weighted by Crippen LogP contribution is 2.37. The normalized spacial score (nSPS) is 14.0. The van der Waals surface area contributed by atoms with E-state index in [1.165, 1.54) is 44.0 Å². The maximum atomic E-state index is 5.25. The van der Waals surface area contributed by atoms with E-state index < -0.39 is 0 Å². The molecule has 6 rings (SSSR count). The highest BCUT2D eigenvalue weighted by Gasteiger charge is 2.24. The van der Waals surface area contributed by atoms with Gasteiger partial charge in [-0.05, 0) is 46.9 Å². The first-order valence-electron chi connectivity index (χ1n) is 11.4. The predicted octanol–water partition coefficient (Wildman–Crippen LogP) is 6.92. The van der Waals surface area contributed by atoms with E-state index in [9.17, 15) is 0 Å². The van der Waals surface area contributed by atoms with Crippen LogP contribution in [0, 0.1) is 6.92 Å². The Morgan fingerprint density at radius 3 is 2.41 bits per heavy atom. The number of aromatic nitrogens is 1. The van der Waals surface area contributed by atoms with Gasteiger partial charge in [0, 0.05) is 30.6 Å². The second-order valence-corrected chi connectivity index (χ2v) is 8.91. The maximum Gasteiger partial charge on any atom is 0.0757 e. The van der Waals surface area contributed by atoms with Crippen LogP contribution in [0.2, 0.25) is 0 Å². The Balaban J connectivity index is 1.54. The topological polar surface area (TPSA) is 16.1 Å². The summed E-state index contributed by atoms with van der Waals surface area (Å²) in [6.45, 7) is 5.11. The van der Waals surface area contributed by atoms with Crippen LogP contribution >= 0.6 is 0 Å². The van der Waals surface area contributed by atoms with E-state index in [-0.39, 0.29) is 0 Å². The Kier molecular flexibility index (Phi) is 4.74. The summed E-state index contributed by atoms with van der Waals surface area (Å²) in [6.07, 6.45) is 1.05. The summed E-state index contributed by atoms with van der Waals surface area (Å²) in [4.78, 5) is 7.82. The van der Waals surface area contributed by atoms with Gasteiger partial charge in [0.05, 0.1) is 11.2 Å². The van der Waals surface area contributed by atoms with Crippen molar-refractivity contribution >= 4 is 21.7 Å². The molecule has 0 saturated carbocycles. The third-order valence-corrected chi connectivity index (χ3v) is 6.72. The van der Waals surface area contributed by atoms with Crippen molar-refractivity contribution in [2.75, 3.05) is 6.54 Å². The van der Waals surface area contributed by atoms with Crippen LogP contribution in [0.25, 0.3) is 32.9 Å². The molecule has 0 fully saturated rings. The van der Waals surface area contributed by atoms with Gasteiger partial charge in [0.1, 0.15) is 0 Å². The zero-order valence-corrected chi connectivity index (χ0v) is 18.4. The second-order valence-electron chi connectivity index (χ2n) is 8.91. The molecule has 0 N–H and O–H groups in total. The van der Waals surface area contributed by atoms with Gasteiger partial charge in [0.2, 0.25) is 0 Å². The number of hydrogen-bond acceptors (Lipinski definition) is 2. The average Bonchev–Trinajstić information content (AvgIpc) is 2.84. The lowest BCUT2D eigenvalue weighted by Crippen LogP contribution is -2.31. The lowest BCUT2D eigenvalue weighted by Gasteiger charge is -2.31. The van der Waals surface area contributed by atoms with Crippen LogP contribution < -0.4 is 0 Å². The summed E-state index contributed by atoms with van der Waals surface area (Å²) in [7, 11) is 0. The molecular formula is C30H26N2. The number of nitrogens with zero attached hydrogens (tertiary/aromatic N) is 2. The van der Waals surface area contributed by atoms with Crippen LogP contribution in [0.4, 0.5) is 0 Å². The van der Waals surface area contributed by atoms with Crippen molar-refractivity contribution in [1.29, 1.82) is 0 Å². The quantitative estimate of drug-likeness (QED) is 0.298. The molecule has 0 radical (unpaired) electrons. The van der Waals surface area contributed by atoms with E-state index in [1.807, 2.05) is 0 Å². The number of rotatable bonds is 3. The van der Waals surface area contributed by atoms with Crippen molar-refractivity contribution in [3.8, 4) is 11.3 Å². The van der Waals surface area contributed by atoms with Gasteiger partial charge in [-0.2, -0.15) is 0 Å². The van der Waals surface area contributed by atoms with E-state index in [2.05, 4.69) is 103 Å². The number of fused-ring (bicyclic) bond motifs is 5. The summed E-state index contributed by atoms with van der Waals surface area (Å²) in [5.41, 5.74) is 8.97. The van der Waals surface area contributed by atoms with Crippen molar-refractivity contribution in [3.05, 3.63) is 113 Å². The molecule has 32 heavy (non-hydrogen) atoms. The lowest BCUT2D eigenvalue weighted by molar-refractivity contribution is 0.246. The van der Waals surface area contributed by atoms with Gasteiger partial charge in [-0.3, -0.25) is 4.90 Å². The summed E-state index contributed by atoms with van der Waals surface area (Å²) >= 11 is 0. The van der Waals surface area contributed by atoms with Gasteiger partial charge in [-0.25, -0.2) is 4.98 Å². The summed E-state index contributed by atoms with van der Waals surface area (Å²) < 4.78 is 0. The number of aryl methyl sites for hydroxylation is 1.